The zero-order chi connectivity index (χ0) is 20.2. The first-order valence-corrected chi connectivity index (χ1v) is 11.1. The summed E-state index contributed by atoms with van der Waals surface area (Å²) in [6.07, 6.45) is 10.8. The van der Waals surface area contributed by atoms with Crippen molar-refractivity contribution in [2.45, 2.75) is 59.0 Å². The third-order valence-electron chi connectivity index (χ3n) is 6.33. The Morgan fingerprint density at radius 3 is 2.63 bits per heavy atom. The fourth-order valence-corrected chi connectivity index (χ4v) is 4.63. The normalized spacial score (nSPS) is 14.9. The Morgan fingerprint density at radius 2 is 1.93 bits per heavy atom. The van der Waals surface area contributed by atoms with Gasteiger partial charge in [0.15, 0.2) is 5.76 Å². The summed E-state index contributed by atoms with van der Waals surface area (Å²) in [6, 6.07) is 6.27. The lowest BCUT2D eigenvalue weighted by Gasteiger charge is -2.22. The summed E-state index contributed by atoms with van der Waals surface area (Å²) in [7, 11) is 1.75. The van der Waals surface area contributed by atoms with Crippen LogP contribution in [0.4, 0.5) is 0 Å². The van der Waals surface area contributed by atoms with Crippen molar-refractivity contribution in [1.29, 1.82) is 0 Å². The highest BCUT2D eigenvalue weighted by molar-refractivity contribution is 5.98. The van der Waals surface area contributed by atoms with Gasteiger partial charge in [0.1, 0.15) is 5.75 Å². The fourth-order valence-electron chi connectivity index (χ4n) is 4.63. The molecule has 0 spiro atoms. The van der Waals surface area contributed by atoms with Gasteiger partial charge in [-0.1, -0.05) is 45.2 Å². The van der Waals surface area contributed by atoms with Crippen molar-refractivity contribution < 1.29 is 9.15 Å². The predicted octanol–water partition coefficient (Wildman–Crippen LogP) is 6.15. The van der Waals surface area contributed by atoms with E-state index in [0.717, 1.165) is 60.6 Å². The Kier molecular flexibility index (Phi) is 7.84. The van der Waals surface area contributed by atoms with Gasteiger partial charge in [-0.05, 0) is 37.9 Å². The lowest BCUT2D eigenvalue weighted by atomic mass is 9.89. The molecule has 0 bridgehead atoms. The molecule has 6 heteroatoms. The van der Waals surface area contributed by atoms with Gasteiger partial charge in [0.25, 0.3) is 0 Å². The number of hydrogen-bond donors (Lipinski definition) is 0. The van der Waals surface area contributed by atoms with E-state index in [0.29, 0.717) is 0 Å². The number of aromatic nitrogens is 2. The monoisotopic (exact) mass is 431 g/mol. The largest absolute Gasteiger partial charge is 0.495 e. The average molecular weight is 432 g/mol. The van der Waals surface area contributed by atoms with Crippen molar-refractivity contribution in [2.24, 2.45) is 5.92 Å². The van der Waals surface area contributed by atoms with E-state index in [-0.39, 0.29) is 12.4 Å². The second kappa shape index (κ2) is 10.4. The number of fused-ring (bicyclic) bond motifs is 1. The minimum absolute atomic E-state index is 0. The Labute approximate surface area is 185 Å². The minimum atomic E-state index is 0. The van der Waals surface area contributed by atoms with Crippen LogP contribution in [-0.2, 0) is 13.1 Å². The van der Waals surface area contributed by atoms with Crippen LogP contribution in [0.3, 0.4) is 0 Å². The van der Waals surface area contributed by atoms with Crippen molar-refractivity contribution in [3.63, 3.8) is 0 Å². The molecular formula is C24H34ClN3O2. The quantitative estimate of drug-likeness (QED) is 0.429. The van der Waals surface area contributed by atoms with Gasteiger partial charge in [-0.3, -0.25) is 4.90 Å². The highest BCUT2D eigenvalue weighted by atomic mass is 35.5. The Hall–Kier alpha value is -1.98. The first-order chi connectivity index (χ1) is 14.2. The van der Waals surface area contributed by atoms with E-state index in [2.05, 4.69) is 52.7 Å². The molecule has 1 saturated carbocycles. The molecule has 0 amide bonds. The second-order valence-corrected chi connectivity index (χ2v) is 8.14. The van der Waals surface area contributed by atoms with Crippen LogP contribution in [0.5, 0.6) is 5.75 Å². The van der Waals surface area contributed by atoms with E-state index < -0.39 is 0 Å². The van der Waals surface area contributed by atoms with Gasteiger partial charge in [-0.15, -0.1) is 12.4 Å². The summed E-state index contributed by atoms with van der Waals surface area (Å²) in [5, 5.41) is 1.17. The number of oxazole rings is 1. The number of benzene rings is 1. The number of para-hydroxylation sites is 1. The summed E-state index contributed by atoms with van der Waals surface area (Å²) in [4.78, 5) is 6.86. The molecule has 0 atom stereocenters. The molecule has 1 aliphatic carbocycles. The van der Waals surface area contributed by atoms with Gasteiger partial charge in [0, 0.05) is 23.7 Å². The number of ether oxygens (including phenoxy) is 1. The van der Waals surface area contributed by atoms with Crippen molar-refractivity contribution in [3.8, 4) is 17.1 Å². The van der Waals surface area contributed by atoms with E-state index in [4.69, 9.17) is 9.15 Å². The molecule has 0 saturated heterocycles. The van der Waals surface area contributed by atoms with Gasteiger partial charge in [0.2, 0.25) is 5.89 Å². The maximum Gasteiger partial charge on any atom is 0.209 e. The molecule has 0 unspecified atom stereocenters. The van der Waals surface area contributed by atoms with Gasteiger partial charge in [-0.2, -0.15) is 0 Å². The highest BCUT2D eigenvalue weighted by Gasteiger charge is 2.21. The summed E-state index contributed by atoms with van der Waals surface area (Å²) < 4.78 is 14.3. The summed E-state index contributed by atoms with van der Waals surface area (Å²) in [5.41, 5.74) is 2.27. The Morgan fingerprint density at radius 1 is 1.17 bits per heavy atom. The van der Waals surface area contributed by atoms with Crippen molar-refractivity contribution >= 4 is 23.3 Å². The van der Waals surface area contributed by atoms with Crippen LogP contribution < -0.4 is 4.74 Å². The maximum absolute atomic E-state index is 6.18. The van der Waals surface area contributed by atoms with Crippen LogP contribution in [-0.4, -0.2) is 34.7 Å². The van der Waals surface area contributed by atoms with E-state index in [1.807, 2.05) is 6.20 Å². The molecule has 0 N–H and O–H groups in total. The molecule has 0 radical (unpaired) electrons. The highest BCUT2D eigenvalue weighted by Crippen LogP contribution is 2.37. The molecule has 5 nitrogen and oxygen atoms in total. The predicted molar refractivity (Wildman–Crippen MR) is 124 cm³/mol. The van der Waals surface area contributed by atoms with E-state index in [1.165, 1.54) is 37.5 Å². The number of hydrogen-bond acceptors (Lipinski definition) is 4. The van der Waals surface area contributed by atoms with E-state index >= 15 is 0 Å². The summed E-state index contributed by atoms with van der Waals surface area (Å²) in [6.45, 7) is 8.10. The summed E-state index contributed by atoms with van der Waals surface area (Å²) >= 11 is 0. The zero-order valence-corrected chi connectivity index (χ0v) is 19.2. The zero-order valence-electron chi connectivity index (χ0n) is 18.4. The minimum Gasteiger partial charge on any atom is -0.495 e. The fraction of sp³-hybridized carbons (Fsp3) is 0.542. The molecule has 164 valence electrons. The standard InChI is InChI=1S/C24H33N3O2.ClH/c1-4-26(5-2)17-23-25-14-22(29-23)20-16-27(15-18-10-7-6-8-11-18)24-19(20)12-9-13-21(24)28-3;/h9,12-14,16,18H,4-8,10-11,15,17H2,1-3H3;1H. The Balaban J connectivity index is 0.00000256. The van der Waals surface area contributed by atoms with Crippen LogP contribution in [0.15, 0.2) is 35.0 Å². The smallest absolute Gasteiger partial charge is 0.209 e. The van der Waals surface area contributed by atoms with Crippen molar-refractivity contribution in [3.05, 3.63) is 36.5 Å². The van der Waals surface area contributed by atoms with Gasteiger partial charge in [-0.25, -0.2) is 4.98 Å². The number of nitrogens with zero attached hydrogens (tertiary/aromatic N) is 3. The Bertz CT molecular complexity index is 939. The first kappa shape index (κ1) is 22.7. The lowest BCUT2D eigenvalue weighted by Crippen LogP contribution is -2.22. The van der Waals surface area contributed by atoms with Crippen molar-refractivity contribution in [1.82, 2.24) is 14.5 Å². The van der Waals surface area contributed by atoms with Crippen LogP contribution in [0.25, 0.3) is 22.2 Å². The third-order valence-corrected chi connectivity index (χ3v) is 6.33. The third kappa shape index (κ3) is 4.68. The summed E-state index contributed by atoms with van der Waals surface area (Å²) in [5.74, 6) is 3.28. The molecule has 4 rings (SSSR count). The SMILES string of the molecule is CCN(CC)Cc1ncc(-c2cn(CC3CCCCC3)c3c(OC)cccc23)o1.Cl. The molecule has 0 aliphatic heterocycles. The van der Waals surface area contributed by atoms with Crippen LogP contribution >= 0.6 is 12.4 Å². The average Bonchev–Trinajstić information content (AvgIpc) is 3.37. The molecule has 1 aliphatic rings. The maximum atomic E-state index is 6.18. The van der Waals surface area contributed by atoms with Crippen LogP contribution in [0.2, 0.25) is 0 Å². The molecule has 2 heterocycles. The molecule has 30 heavy (non-hydrogen) atoms. The molecule has 1 fully saturated rings. The van der Waals surface area contributed by atoms with Crippen LogP contribution in [0, 0.1) is 5.92 Å². The number of halogens is 1. The lowest BCUT2D eigenvalue weighted by molar-refractivity contribution is 0.264. The second-order valence-electron chi connectivity index (χ2n) is 8.14. The van der Waals surface area contributed by atoms with Crippen LogP contribution in [0.1, 0.15) is 51.8 Å². The van der Waals surface area contributed by atoms with E-state index in [1.54, 1.807) is 7.11 Å². The molecular weight excluding hydrogens is 398 g/mol. The molecule has 2 aromatic heterocycles. The van der Waals surface area contributed by atoms with E-state index in [9.17, 15) is 0 Å². The topological polar surface area (TPSA) is 43.4 Å². The van der Waals surface area contributed by atoms with Gasteiger partial charge >= 0.3 is 0 Å². The van der Waals surface area contributed by atoms with Crippen molar-refractivity contribution in [2.75, 3.05) is 20.2 Å². The molecule has 3 aromatic rings. The van der Waals surface area contributed by atoms with Gasteiger partial charge < -0.3 is 13.7 Å². The number of rotatable bonds is 8. The van der Waals surface area contributed by atoms with Gasteiger partial charge in [0.05, 0.1) is 25.4 Å². The molecule has 1 aromatic carbocycles. The first-order valence-electron chi connectivity index (χ1n) is 11.1. The number of methoxy groups -OCH3 is 1.